The number of aryl methyl sites for hydroxylation is 2. The van der Waals surface area contributed by atoms with Crippen LogP contribution in [0.1, 0.15) is 54.4 Å². The second-order valence-corrected chi connectivity index (χ2v) is 8.50. The summed E-state index contributed by atoms with van der Waals surface area (Å²) in [5, 5.41) is 4.01. The molecule has 32 heavy (non-hydrogen) atoms. The minimum atomic E-state index is -0.0780. The van der Waals surface area contributed by atoms with Crippen molar-refractivity contribution in [2.45, 2.75) is 52.0 Å². The summed E-state index contributed by atoms with van der Waals surface area (Å²) in [6.07, 6.45) is 9.42. The van der Waals surface area contributed by atoms with E-state index in [1.807, 2.05) is 56.1 Å². The first-order valence-electron chi connectivity index (χ1n) is 11.1. The second kappa shape index (κ2) is 9.46. The van der Waals surface area contributed by atoms with Crippen molar-refractivity contribution in [2.24, 2.45) is 0 Å². The molecule has 0 aliphatic carbocycles. The summed E-state index contributed by atoms with van der Waals surface area (Å²) >= 11 is 0. The standard InChI is InChI=1S/C24H30N6O2/c1-16-19(17(2)32-28-16)8-9-22(31)30-14-6-5-7-21(30)23-20(18-10-12-25-13-11-18)15-26-24(27-23)29(3)4/h10-13,15,21H,5-9,14H2,1-4H3/t21-/m1/s1. The molecular weight excluding hydrogens is 404 g/mol. The Morgan fingerprint density at radius 2 is 2.00 bits per heavy atom. The molecule has 4 rings (SSSR count). The zero-order chi connectivity index (χ0) is 22.7. The quantitative estimate of drug-likeness (QED) is 0.581. The molecule has 168 valence electrons. The molecule has 1 aliphatic heterocycles. The number of pyridine rings is 1. The number of amides is 1. The van der Waals surface area contributed by atoms with Crippen molar-refractivity contribution < 1.29 is 9.32 Å². The van der Waals surface area contributed by atoms with E-state index in [4.69, 9.17) is 9.51 Å². The summed E-state index contributed by atoms with van der Waals surface area (Å²) in [6, 6.07) is 3.85. The minimum absolute atomic E-state index is 0.0780. The van der Waals surface area contributed by atoms with Gasteiger partial charge in [-0.05, 0) is 57.2 Å². The molecular formula is C24H30N6O2. The van der Waals surface area contributed by atoms with E-state index >= 15 is 0 Å². The van der Waals surface area contributed by atoms with Crippen LogP contribution in [0, 0.1) is 13.8 Å². The molecule has 0 spiro atoms. The molecule has 1 aliphatic rings. The van der Waals surface area contributed by atoms with Crippen LogP contribution in [0.15, 0.2) is 35.2 Å². The van der Waals surface area contributed by atoms with Gasteiger partial charge in [0.2, 0.25) is 11.9 Å². The van der Waals surface area contributed by atoms with E-state index in [-0.39, 0.29) is 11.9 Å². The van der Waals surface area contributed by atoms with Crippen LogP contribution in [0.25, 0.3) is 11.1 Å². The van der Waals surface area contributed by atoms with Gasteiger partial charge in [0.15, 0.2) is 0 Å². The van der Waals surface area contributed by atoms with E-state index in [1.54, 1.807) is 12.4 Å². The van der Waals surface area contributed by atoms with Gasteiger partial charge in [0.05, 0.1) is 17.4 Å². The smallest absolute Gasteiger partial charge is 0.225 e. The first-order chi connectivity index (χ1) is 15.5. The van der Waals surface area contributed by atoms with Crippen molar-refractivity contribution in [1.82, 2.24) is 25.0 Å². The second-order valence-electron chi connectivity index (χ2n) is 8.50. The molecule has 3 aromatic rings. The van der Waals surface area contributed by atoms with Crippen LogP contribution in [0.5, 0.6) is 0 Å². The largest absolute Gasteiger partial charge is 0.361 e. The van der Waals surface area contributed by atoms with Gasteiger partial charge in [-0.2, -0.15) is 0 Å². The fourth-order valence-electron chi connectivity index (χ4n) is 4.36. The van der Waals surface area contributed by atoms with Gasteiger partial charge in [0.25, 0.3) is 0 Å². The van der Waals surface area contributed by atoms with Crippen LogP contribution < -0.4 is 4.90 Å². The number of hydrogen-bond acceptors (Lipinski definition) is 7. The SMILES string of the molecule is Cc1noc(C)c1CCC(=O)N1CCCC[C@@H]1c1nc(N(C)C)ncc1-c1ccncc1. The van der Waals surface area contributed by atoms with Crippen LogP contribution in [0.2, 0.25) is 0 Å². The van der Waals surface area contributed by atoms with Crippen LogP contribution in [0.4, 0.5) is 5.95 Å². The lowest BCUT2D eigenvalue weighted by atomic mass is 9.93. The van der Waals surface area contributed by atoms with Crippen molar-refractivity contribution in [3.8, 4) is 11.1 Å². The van der Waals surface area contributed by atoms with Crippen LogP contribution in [0.3, 0.4) is 0 Å². The van der Waals surface area contributed by atoms with E-state index in [2.05, 4.69) is 15.1 Å². The Kier molecular flexibility index (Phi) is 6.48. The maximum Gasteiger partial charge on any atom is 0.225 e. The molecule has 0 saturated carbocycles. The highest BCUT2D eigenvalue weighted by Crippen LogP contribution is 2.36. The van der Waals surface area contributed by atoms with E-state index in [0.29, 0.717) is 18.8 Å². The molecule has 1 amide bonds. The Morgan fingerprint density at radius 3 is 2.69 bits per heavy atom. The molecule has 4 heterocycles. The third-order valence-corrected chi connectivity index (χ3v) is 6.11. The summed E-state index contributed by atoms with van der Waals surface area (Å²) < 4.78 is 5.26. The van der Waals surface area contributed by atoms with E-state index < -0.39 is 0 Å². The number of nitrogens with zero attached hydrogens (tertiary/aromatic N) is 6. The Labute approximate surface area is 188 Å². The summed E-state index contributed by atoms with van der Waals surface area (Å²) in [4.78, 5) is 30.9. The average Bonchev–Trinajstić information content (AvgIpc) is 3.14. The van der Waals surface area contributed by atoms with E-state index in [9.17, 15) is 4.79 Å². The highest BCUT2D eigenvalue weighted by molar-refractivity contribution is 5.78. The first kappa shape index (κ1) is 21.9. The van der Waals surface area contributed by atoms with Crippen molar-refractivity contribution in [3.63, 3.8) is 0 Å². The van der Waals surface area contributed by atoms with Crippen molar-refractivity contribution >= 4 is 11.9 Å². The number of carbonyl (C=O) groups is 1. The maximum atomic E-state index is 13.4. The third-order valence-electron chi connectivity index (χ3n) is 6.11. The van der Waals surface area contributed by atoms with Crippen molar-refractivity contribution in [1.29, 1.82) is 0 Å². The van der Waals surface area contributed by atoms with Crippen molar-refractivity contribution in [2.75, 3.05) is 25.5 Å². The van der Waals surface area contributed by atoms with Gasteiger partial charge in [0.1, 0.15) is 5.76 Å². The lowest BCUT2D eigenvalue weighted by Crippen LogP contribution is -2.39. The Morgan fingerprint density at radius 1 is 1.22 bits per heavy atom. The lowest BCUT2D eigenvalue weighted by Gasteiger charge is -2.36. The summed E-state index contributed by atoms with van der Waals surface area (Å²) in [7, 11) is 3.86. The predicted octanol–water partition coefficient (Wildman–Crippen LogP) is 3.90. The summed E-state index contributed by atoms with van der Waals surface area (Å²) in [5.74, 6) is 1.57. The summed E-state index contributed by atoms with van der Waals surface area (Å²) in [6.45, 7) is 4.56. The number of piperidine rings is 1. The Hall–Kier alpha value is -3.29. The monoisotopic (exact) mass is 434 g/mol. The number of rotatable bonds is 6. The van der Waals surface area contributed by atoms with E-state index in [1.165, 1.54) is 0 Å². The van der Waals surface area contributed by atoms with Gasteiger partial charge >= 0.3 is 0 Å². The molecule has 8 heteroatoms. The molecule has 1 atom stereocenters. The van der Waals surface area contributed by atoms with Gasteiger partial charge in [-0.25, -0.2) is 9.97 Å². The molecule has 0 N–H and O–H groups in total. The molecule has 0 bridgehead atoms. The Balaban J connectivity index is 1.65. The zero-order valence-corrected chi connectivity index (χ0v) is 19.2. The predicted molar refractivity (Wildman–Crippen MR) is 122 cm³/mol. The van der Waals surface area contributed by atoms with Gasteiger partial charge in [-0.15, -0.1) is 0 Å². The number of aromatic nitrogens is 4. The number of anilines is 1. The molecule has 3 aromatic heterocycles. The van der Waals surface area contributed by atoms with Crippen LogP contribution in [-0.4, -0.2) is 51.6 Å². The van der Waals surface area contributed by atoms with Gasteiger partial charge < -0.3 is 14.3 Å². The lowest BCUT2D eigenvalue weighted by molar-refractivity contribution is -0.135. The highest BCUT2D eigenvalue weighted by atomic mass is 16.5. The fraction of sp³-hybridized carbons (Fsp3) is 0.458. The average molecular weight is 435 g/mol. The van der Waals surface area contributed by atoms with E-state index in [0.717, 1.165) is 59.6 Å². The number of likely N-dealkylation sites (tertiary alicyclic amines) is 1. The molecule has 8 nitrogen and oxygen atoms in total. The van der Waals surface area contributed by atoms with Gasteiger partial charge in [-0.1, -0.05) is 5.16 Å². The molecule has 0 unspecified atom stereocenters. The van der Waals surface area contributed by atoms with Gasteiger partial charge in [0, 0.05) is 56.8 Å². The van der Waals surface area contributed by atoms with Gasteiger partial charge in [-0.3, -0.25) is 9.78 Å². The fourth-order valence-corrected chi connectivity index (χ4v) is 4.36. The normalized spacial score (nSPS) is 16.2. The van der Waals surface area contributed by atoms with Crippen LogP contribution >= 0.6 is 0 Å². The molecule has 1 saturated heterocycles. The number of carbonyl (C=O) groups excluding carboxylic acids is 1. The minimum Gasteiger partial charge on any atom is -0.361 e. The molecule has 0 radical (unpaired) electrons. The highest BCUT2D eigenvalue weighted by Gasteiger charge is 2.31. The van der Waals surface area contributed by atoms with Crippen molar-refractivity contribution in [3.05, 3.63) is 53.4 Å². The first-order valence-corrected chi connectivity index (χ1v) is 11.1. The topological polar surface area (TPSA) is 88.3 Å². The van der Waals surface area contributed by atoms with Crippen LogP contribution in [-0.2, 0) is 11.2 Å². The Bertz CT molecular complexity index is 1060. The molecule has 1 fully saturated rings. The zero-order valence-electron chi connectivity index (χ0n) is 19.2. The number of hydrogen-bond donors (Lipinski definition) is 0. The third kappa shape index (κ3) is 4.49. The summed E-state index contributed by atoms with van der Waals surface area (Å²) in [5.41, 5.74) is 4.75. The molecule has 0 aromatic carbocycles. The maximum absolute atomic E-state index is 13.4.